The standard InChI is InChI=1S/C19H29FN4O/c1-21-18(24-10-7-19(14-24)8-12-25-15-19)22-9-11-23(2)13-16-3-5-17(20)6-4-16/h3-6H,7-15H2,1-2H3,(H,21,22). The second-order valence-corrected chi connectivity index (χ2v) is 7.31. The van der Waals surface area contributed by atoms with E-state index in [2.05, 4.69) is 27.2 Å². The summed E-state index contributed by atoms with van der Waals surface area (Å²) < 4.78 is 18.6. The van der Waals surface area contributed by atoms with Gasteiger partial charge in [-0.05, 0) is 37.6 Å². The highest BCUT2D eigenvalue weighted by molar-refractivity contribution is 5.80. The maximum atomic E-state index is 13.0. The fraction of sp³-hybridized carbons (Fsp3) is 0.632. The first-order chi connectivity index (χ1) is 12.1. The molecule has 0 bridgehead atoms. The van der Waals surface area contributed by atoms with Crippen LogP contribution in [-0.2, 0) is 11.3 Å². The molecule has 0 saturated carbocycles. The lowest BCUT2D eigenvalue weighted by molar-refractivity contribution is 0.156. The first kappa shape index (κ1) is 18.1. The van der Waals surface area contributed by atoms with Gasteiger partial charge < -0.3 is 19.9 Å². The summed E-state index contributed by atoms with van der Waals surface area (Å²) >= 11 is 0. The molecule has 1 N–H and O–H groups in total. The Morgan fingerprint density at radius 2 is 2.16 bits per heavy atom. The second kappa shape index (κ2) is 8.15. The Balaban J connectivity index is 1.42. The minimum absolute atomic E-state index is 0.187. The first-order valence-electron chi connectivity index (χ1n) is 9.07. The van der Waals surface area contributed by atoms with E-state index >= 15 is 0 Å². The molecule has 2 aliphatic heterocycles. The number of halogens is 1. The Kier molecular flexibility index (Phi) is 5.91. The molecule has 2 heterocycles. The summed E-state index contributed by atoms with van der Waals surface area (Å²) in [5, 5.41) is 3.48. The van der Waals surface area contributed by atoms with Gasteiger partial charge in [0.15, 0.2) is 5.96 Å². The molecule has 1 aromatic rings. The van der Waals surface area contributed by atoms with Crippen molar-refractivity contribution in [3.63, 3.8) is 0 Å². The van der Waals surface area contributed by atoms with Gasteiger partial charge in [-0.3, -0.25) is 4.99 Å². The van der Waals surface area contributed by atoms with Crippen LogP contribution >= 0.6 is 0 Å². The lowest BCUT2D eigenvalue weighted by Crippen LogP contribution is -2.43. The quantitative estimate of drug-likeness (QED) is 0.652. The van der Waals surface area contributed by atoms with Crippen LogP contribution in [0.2, 0.25) is 0 Å². The molecule has 2 fully saturated rings. The molecular weight excluding hydrogens is 319 g/mol. The molecule has 2 saturated heterocycles. The SMILES string of the molecule is CN=C(NCCN(C)Cc1ccc(F)cc1)N1CCC2(CCOC2)C1. The normalized spacial score (nSPS) is 23.8. The molecule has 0 aliphatic carbocycles. The molecule has 0 radical (unpaired) electrons. The van der Waals surface area contributed by atoms with Crippen molar-refractivity contribution in [2.24, 2.45) is 10.4 Å². The number of hydrogen-bond donors (Lipinski definition) is 1. The Bertz CT molecular complexity index is 584. The van der Waals surface area contributed by atoms with Crippen LogP contribution in [0.25, 0.3) is 0 Å². The van der Waals surface area contributed by atoms with Gasteiger partial charge in [0.1, 0.15) is 5.82 Å². The van der Waals surface area contributed by atoms with Crippen molar-refractivity contribution in [1.29, 1.82) is 0 Å². The monoisotopic (exact) mass is 348 g/mol. The van der Waals surface area contributed by atoms with Crippen molar-refractivity contribution < 1.29 is 9.13 Å². The number of nitrogens with zero attached hydrogens (tertiary/aromatic N) is 3. The van der Waals surface area contributed by atoms with E-state index in [1.807, 2.05) is 19.2 Å². The van der Waals surface area contributed by atoms with Gasteiger partial charge in [0.05, 0.1) is 6.61 Å². The van der Waals surface area contributed by atoms with Crippen LogP contribution < -0.4 is 5.32 Å². The summed E-state index contributed by atoms with van der Waals surface area (Å²) in [7, 11) is 3.93. The van der Waals surface area contributed by atoms with Crippen LogP contribution in [0.15, 0.2) is 29.3 Å². The van der Waals surface area contributed by atoms with Crippen LogP contribution in [-0.4, -0.2) is 69.2 Å². The number of aliphatic imine (C=N–C) groups is 1. The van der Waals surface area contributed by atoms with Crippen LogP contribution in [0, 0.1) is 11.2 Å². The number of nitrogens with one attached hydrogen (secondary N) is 1. The van der Waals surface area contributed by atoms with Crippen LogP contribution in [0.4, 0.5) is 4.39 Å². The summed E-state index contributed by atoms with van der Waals surface area (Å²) in [6.07, 6.45) is 2.36. The molecule has 1 unspecified atom stereocenters. The van der Waals surface area contributed by atoms with E-state index in [1.165, 1.54) is 25.0 Å². The summed E-state index contributed by atoms with van der Waals surface area (Å²) in [5.74, 6) is 0.798. The zero-order chi connectivity index (χ0) is 17.7. The Hall–Kier alpha value is -1.66. The average molecular weight is 348 g/mol. The zero-order valence-corrected chi connectivity index (χ0v) is 15.3. The number of benzene rings is 1. The molecular formula is C19H29FN4O. The first-order valence-corrected chi connectivity index (χ1v) is 9.07. The number of rotatable bonds is 5. The smallest absolute Gasteiger partial charge is 0.193 e. The highest BCUT2D eigenvalue weighted by Gasteiger charge is 2.42. The van der Waals surface area contributed by atoms with Gasteiger partial charge in [0, 0.05) is 51.8 Å². The Morgan fingerprint density at radius 1 is 1.36 bits per heavy atom. The van der Waals surface area contributed by atoms with Crippen LogP contribution in [0.5, 0.6) is 0 Å². The molecule has 25 heavy (non-hydrogen) atoms. The number of ether oxygens (including phenoxy) is 1. The summed E-state index contributed by atoms with van der Waals surface area (Å²) in [6.45, 7) is 6.43. The third-order valence-electron chi connectivity index (χ3n) is 5.28. The minimum atomic E-state index is -0.187. The molecule has 6 heteroatoms. The van der Waals surface area contributed by atoms with E-state index in [0.717, 1.165) is 57.5 Å². The van der Waals surface area contributed by atoms with E-state index in [9.17, 15) is 4.39 Å². The molecule has 0 amide bonds. The predicted octanol–water partition coefficient (Wildman–Crippen LogP) is 1.95. The summed E-state index contributed by atoms with van der Waals surface area (Å²) in [5.41, 5.74) is 1.47. The largest absolute Gasteiger partial charge is 0.381 e. The van der Waals surface area contributed by atoms with E-state index in [-0.39, 0.29) is 5.82 Å². The number of guanidine groups is 1. The second-order valence-electron chi connectivity index (χ2n) is 7.31. The van der Waals surface area contributed by atoms with Crippen molar-refractivity contribution >= 4 is 5.96 Å². The van der Waals surface area contributed by atoms with Gasteiger partial charge in [-0.2, -0.15) is 0 Å². The third-order valence-corrected chi connectivity index (χ3v) is 5.28. The van der Waals surface area contributed by atoms with Gasteiger partial charge in [-0.15, -0.1) is 0 Å². The maximum Gasteiger partial charge on any atom is 0.193 e. The fourth-order valence-electron chi connectivity index (χ4n) is 3.76. The van der Waals surface area contributed by atoms with Crippen molar-refractivity contribution in [3.05, 3.63) is 35.6 Å². The van der Waals surface area contributed by atoms with Crippen molar-refractivity contribution in [1.82, 2.24) is 15.1 Å². The molecule has 2 aliphatic rings. The van der Waals surface area contributed by atoms with E-state index in [1.54, 1.807) is 0 Å². The van der Waals surface area contributed by atoms with Gasteiger partial charge in [-0.1, -0.05) is 12.1 Å². The molecule has 3 rings (SSSR count). The number of likely N-dealkylation sites (tertiary alicyclic amines) is 1. The molecule has 0 aromatic heterocycles. The van der Waals surface area contributed by atoms with Crippen LogP contribution in [0.1, 0.15) is 18.4 Å². The summed E-state index contributed by atoms with van der Waals surface area (Å²) in [6, 6.07) is 6.70. The lowest BCUT2D eigenvalue weighted by atomic mass is 9.87. The minimum Gasteiger partial charge on any atom is -0.381 e. The molecule has 1 spiro atoms. The van der Waals surface area contributed by atoms with Gasteiger partial charge in [-0.25, -0.2) is 4.39 Å². The number of likely N-dealkylation sites (N-methyl/N-ethyl adjacent to an activating group) is 1. The van der Waals surface area contributed by atoms with Crippen LogP contribution in [0.3, 0.4) is 0 Å². The van der Waals surface area contributed by atoms with Gasteiger partial charge in [0.2, 0.25) is 0 Å². The summed E-state index contributed by atoms with van der Waals surface area (Å²) in [4.78, 5) is 9.03. The van der Waals surface area contributed by atoms with E-state index in [0.29, 0.717) is 5.41 Å². The zero-order valence-electron chi connectivity index (χ0n) is 15.3. The van der Waals surface area contributed by atoms with Crippen molar-refractivity contribution in [2.75, 3.05) is 53.5 Å². The Morgan fingerprint density at radius 3 is 2.84 bits per heavy atom. The van der Waals surface area contributed by atoms with Gasteiger partial charge in [0.25, 0.3) is 0 Å². The van der Waals surface area contributed by atoms with E-state index in [4.69, 9.17) is 4.74 Å². The third kappa shape index (κ3) is 4.70. The van der Waals surface area contributed by atoms with Crippen molar-refractivity contribution in [2.45, 2.75) is 19.4 Å². The maximum absolute atomic E-state index is 13.0. The fourth-order valence-corrected chi connectivity index (χ4v) is 3.76. The predicted molar refractivity (Wildman–Crippen MR) is 98.2 cm³/mol. The lowest BCUT2D eigenvalue weighted by Gasteiger charge is -2.25. The Labute approximate surface area is 149 Å². The van der Waals surface area contributed by atoms with E-state index < -0.39 is 0 Å². The number of hydrogen-bond acceptors (Lipinski definition) is 3. The molecule has 5 nitrogen and oxygen atoms in total. The molecule has 1 atom stereocenters. The highest BCUT2D eigenvalue weighted by atomic mass is 19.1. The molecule has 1 aromatic carbocycles. The molecule has 138 valence electrons. The topological polar surface area (TPSA) is 40.1 Å². The highest BCUT2D eigenvalue weighted by Crippen LogP contribution is 2.38. The average Bonchev–Trinajstić information content (AvgIpc) is 3.24. The van der Waals surface area contributed by atoms with Gasteiger partial charge >= 0.3 is 0 Å². The van der Waals surface area contributed by atoms with Crippen molar-refractivity contribution in [3.8, 4) is 0 Å².